The normalized spacial score (nSPS) is 10.6. The molecule has 0 radical (unpaired) electrons. The van der Waals surface area contributed by atoms with Crippen molar-refractivity contribution in [2.24, 2.45) is 5.10 Å². The second-order valence-corrected chi connectivity index (χ2v) is 6.20. The Balaban J connectivity index is 1.66. The lowest BCUT2D eigenvalue weighted by atomic mass is 10.1. The number of amides is 2. The zero-order valence-corrected chi connectivity index (χ0v) is 15.3. The first-order chi connectivity index (χ1) is 13.5. The molecule has 0 unspecified atom stereocenters. The van der Waals surface area contributed by atoms with E-state index in [-0.39, 0.29) is 17.0 Å². The summed E-state index contributed by atoms with van der Waals surface area (Å²) in [5.41, 5.74) is 3.71. The monoisotopic (exact) mass is 395 g/mol. The third-order valence-corrected chi connectivity index (χ3v) is 3.98. The molecule has 0 bridgehead atoms. The number of carbonyl (C=O) groups excluding carboxylic acids is 2. The van der Waals surface area contributed by atoms with Crippen LogP contribution in [0.5, 0.6) is 0 Å². The maximum atomic E-state index is 13.5. The van der Waals surface area contributed by atoms with Gasteiger partial charge in [-0.3, -0.25) is 9.59 Å². The lowest BCUT2D eigenvalue weighted by Crippen LogP contribution is -2.18. The average Bonchev–Trinajstić information content (AvgIpc) is 2.69. The summed E-state index contributed by atoms with van der Waals surface area (Å²) in [5.74, 6) is -1.28. The highest BCUT2D eigenvalue weighted by Gasteiger charge is 2.09. The van der Waals surface area contributed by atoms with Crippen LogP contribution >= 0.6 is 11.6 Å². The molecule has 5 nitrogen and oxygen atoms in total. The minimum Gasteiger partial charge on any atom is -0.322 e. The number of hydrogen-bond donors (Lipinski definition) is 2. The van der Waals surface area contributed by atoms with Crippen molar-refractivity contribution in [3.8, 4) is 0 Å². The van der Waals surface area contributed by atoms with Crippen LogP contribution in [0.3, 0.4) is 0 Å². The van der Waals surface area contributed by atoms with Crippen molar-refractivity contribution in [3.63, 3.8) is 0 Å². The van der Waals surface area contributed by atoms with Crippen LogP contribution in [0.4, 0.5) is 10.1 Å². The van der Waals surface area contributed by atoms with Crippen LogP contribution in [-0.2, 0) is 0 Å². The van der Waals surface area contributed by atoms with Crippen LogP contribution < -0.4 is 10.7 Å². The molecule has 0 fully saturated rings. The molecule has 140 valence electrons. The van der Waals surface area contributed by atoms with E-state index in [1.54, 1.807) is 54.6 Å². The fourth-order valence-corrected chi connectivity index (χ4v) is 2.57. The van der Waals surface area contributed by atoms with Gasteiger partial charge in [0.15, 0.2) is 0 Å². The van der Waals surface area contributed by atoms with E-state index in [9.17, 15) is 14.0 Å². The lowest BCUT2D eigenvalue weighted by Gasteiger charge is -2.07. The molecule has 0 saturated heterocycles. The minimum absolute atomic E-state index is 0.255. The van der Waals surface area contributed by atoms with Gasteiger partial charge < -0.3 is 5.32 Å². The van der Waals surface area contributed by atoms with Crippen LogP contribution in [0.25, 0.3) is 0 Å². The number of nitrogens with zero attached hydrogens (tertiary/aromatic N) is 1. The van der Waals surface area contributed by atoms with Gasteiger partial charge in [-0.15, -0.1) is 0 Å². The van der Waals surface area contributed by atoms with E-state index in [4.69, 9.17) is 11.6 Å². The molecule has 7 heteroatoms. The number of hydrazone groups is 1. The molecule has 0 aromatic heterocycles. The van der Waals surface area contributed by atoms with Gasteiger partial charge in [0.05, 0.1) is 6.21 Å². The van der Waals surface area contributed by atoms with Crippen molar-refractivity contribution >= 4 is 35.3 Å². The van der Waals surface area contributed by atoms with Crippen molar-refractivity contribution in [1.82, 2.24) is 5.43 Å². The van der Waals surface area contributed by atoms with Gasteiger partial charge >= 0.3 is 0 Å². The molecule has 0 aliphatic heterocycles. The van der Waals surface area contributed by atoms with E-state index in [1.807, 2.05) is 0 Å². The molecule has 3 aromatic rings. The topological polar surface area (TPSA) is 70.6 Å². The molecule has 0 spiro atoms. The molecule has 0 saturated carbocycles. The van der Waals surface area contributed by atoms with Crippen LogP contribution in [0, 0.1) is 5.82 Å². The predicted molar refractivity (Wildman–Crippen MR) is 107 cm³/mol. The van der Waals surface area contributed by atoms with E-state index < -0.39 is 11.7 Å². The smallest absolute Gasteiger partial charge is 0.271 e. The maximum Gasteiger partial charge on any atom is 0.271 e. The first kappa shape index (κ1) is 19.3. The molecule has 0 aliphatic rings. The highest BCUT2D eigenvalue weighted by molar-refractivity contribution is 6.31. The number of carbonyl (C=O) groups is 2. The van der Waals surface area contributed by atoms with Crippen molar-refractivity contribution in [3.05, 3.63) is 100 Å². The summed E-state index contributed by atoms with van der Waals surface area (Å²) in [6.07, 6.45) is 1.22. The summed E-state index contributed by atoms with van der Waals surface area (Å²) in [4.78, 5) is 24.5. The first-order valence-electron chi connectivity index (χ1n) is 8.28. The third-order valence-electron chi connectivity index (χ3n) is 3.74. The molecule has 0 heterocycles. The van der Waals surface area contributed by atoms with Gasteiger partial charge in [-0.2, -0.15) is 5.10 Å². The number of rotatable bonds is 5. The molecule has 2 N–H and O–H groups in total. The summed E-state index contributed by atoms with van der Waals surface area (Å²) in [7, 11) is 0. The van der Waals surface area contributed by atoms with Gasteiger partial charge in [0.2, 0.25) is 0 Å². The van der Waals surface area contributed by atoms with E-state index in [2.05, 4.69) is 15.8 Å². The first-order valence-corrected chi connectivity index (χ1v) is 8.65. The van der Waals surface area contributed by atoms with Gasteiger partial charge in [0.25, 0.3) is 11.8 Å². The van der Waals surface area contributed by atoms with E-state index in [0.717, 1.165) is 0 Å². The molecular formula is C21H15ClFN3O2. The second kappa shape index (κ2) is 8.92. The molecule has 3 aromatic carbocycles. The fourth-order valence-electron chi connectivity index (χ4n) is 2.38. The Morgan fingerprint density at radius 3 is 2.36 bits per heavy atom. The third kappa shape index (κ3) is 5.02. The second-order valence-electron chi connectivity index (χ2n) is 5.77. The molecule has 3 rings (SSSR count). The molecule has 0 atom stereocenters. The number of halogens is 2. The van der Waals surface area contributed by atoms with E-state index >= 15 is 0 Å². The van der Waals surface area contributed by atoms with Gasteiger partial charge in [-0.25, -0.2) is 9.82 Å². The SMILES string of the molecule is O=C(N/N=C\c1ccccc1F)c1cccc(NC(=O)c2cccc(Cl)c2)c1. The zero-order chi connectivity index (χ0) is 19.9. The summed E-state index contributed by atoms with van der Waals surface area (Å²) in [6.45, 7) is 0. The maximum absolute atomic E-state index is 13.5. The Kier molecular flexibility index (Phi) is 6.14. The van der Waals surface area contributed by atoms with Gasteiger partial charge in [0.1, 0.15) is 5.82 Å². The Morgan fingerprint density at radius 2 is 1.61 bits per heavy atom. The molecule has 0 aliphatic carbocycles. The highest BCUT2D eigenvalue weighted by atomic mass is 35.5. The number of nitrogens with one attached hydrogen (secondary N) is 2. The predicted octanol–water partition coefficient (Wildman–Crippen LogP) is 4.50. The molecule has 28 heavy (non-hydrogen) atoms. The zero-order valence-electron chi connectivity index (χ0n) is 14.5. The fraction of sp³-hybridized carbons (Fsp3) is 0. The van der Waals surface area contributed by atoms with Crippen molar-refractivity contribution in [1.29, 1.82) is 0 Å². The van der Waals surface area contributed by atoms with Gasteiger partial charge in [-0.05, 0) is 42.5 Å². The van der Waals surface area contributed by atoms with Crippen LogP contribution in [0.2, 0.25) is 5.02 Å². The summed E-state index contributed by atoms with van der Waals surface area (Å²) >= 11 is 5.89. The van der Waals surface area contributed by atoms with Gasteiger partial charge in [0, 0.05) is 27.4 Å². The quantitative estimate of drug-likeness (QED) is 0.493. The number of anilines is 1. The van der Waals surface area contributed by atoms with E-state index in [0.29, 0.717) is 16.3 Å². The minimum atomic E-state index is -0.494. The Hall–Kier alpha value is -3.51. The van der Waals surface area contributed by atoms with Crippen LogP contribution in [-0.4, -0.2) is 18.0 Å². The van der Waals surface area contributed by atoms with Crippen molar-refractivity contribution in [2.45, 2.75) is 0 Å². The molecule has 2 amide bonds. The number of hydrogen-bond acceptors (Lipinski definition) is 3. The number of benzene rings is 3. The lowest BCUT2D eigenvalue weighted by molar-refractivity contribution is 0.0953. The summed E-state index contributed by atoms with van der Waals surface area (Å²) in [6, 6.07) is 19.0. The Morgan fingerprint density at radius 1 is 0.893 bits per heavy atom. The van der Waals surface area contributed by atoms with Crippen molar-refractivity contribution in [2.75, 3.05) is 5.32 Å². The Labute approximate surface area is 165 Å². The standard InChI is InChI=1S/C21H15ClFN3O2/c22-17-8-3-6-14(11-17)20(27)25-18-9-4-7-15(12-18)21(28)26-24-13-16-5-1-2-10-19(16)23/h1-13H,(H,25,27)(H,26,28)/b24-13-. The van der Waals surface area contributed by atoms with Gasteiger partial charge in [-0.1, -0.05) is 41.9 Å². The molecular weight excluding hydrogens is 381 g/mol. The largest absolute Gasteiger partial charge is 0.322 e. The summed E-state index contributed by atoms with van der Waals surface area (Å²) < 4.78 is 13.5. The average molecular weight is 396 g/mol. The van der Waals surface area contributed by atoms with Crippen LogP contribution in [0.1, 0.15) is 26.3 Å². The van der Waals surface area contributed by atoms with Crippen molar-refractivity contribution < 1.29 is 14.0 Å². The van der Waals surface area contributed by atoms with Crippen LogP contribution in [0.15, 0.2) is 77.9 Å². The van der Waals surface area contributed by atoms with E-state index in [1.165, 1.54) is 24.4 Å². The highest BCUT2D eigenvalue weighted by Crippen LogP contribution is 2.15. The Bertz CT molecular complexity index is 1050. The summed E-state index contributed by atoms with van der Waals surface area (Å²) in [5, 5.41) is 6.92.